The topological polar surface area (TPSA) is 3.88 Å². The number of hydrogen-bond donors (Lipinski definition) is 0. The van der Waals surface area contributed by atoms with Crippen molar-refractivity contribution in [2.24, 2.45) is 13.0 Å². The fourth-order valence-electron chi connectivity index (χ4n) is 3.42. The Hall–Kier alpha value is -2.15. The number of aromatic nitrogens is 1. The van der Waals surface area contributed by atoms with Crippen molar-refractivity contribution in [1.29, 1.82) is 0 Å². The second kappa shape index (κ2) is 10.8. The highest BCUT2D eigenvalue weighted by Crippen LogP contribution is 2.25. The maximum absolute atomic E-state index is 2.30. The molecule has 0 saturated heterocycles. The molecule has 0 aliphatic heterocycles. The summed E-state index contributed by atoms with van der Waals surface area (Å²) in [7, 11) is 2.08. The van der Waals surface area contributed by atoms with Crippen LogP contribution in [0.3, 0.4) is 0 Å². The average molecular weight is 349 g/mol. The van der Waals surface area contributed by atoms with Crippen LogP contribution in [0.15, 0.2) is 66.9 Å². The van der Waals surface area contributed by atoms with Crippen molar-refractivity contribution in [2.75, 3.05) is 0 Å². The van der Waals surface area contributed by atoms with E-state index in [0.717, 1.165) is 5.92 Å². The van der Waals surface area contributed by atoms with Crippen LogP contribution in [0, 0.1) is 5.92 Å². The normalized spacial score (nSPS) is 10.7. The number of benzene rings is 2. The largest absolute Gasteiger partial charge is 0.212 e. The van der Waals surface area contributed by atoms with Crippen molar-refractivity contribution < 1.29 is 4.57 Å². The van der Waals surface area contributed by atoms with E-state index in [0.29, 0.717) is 0 Å². The second-order valence-corrected chi connectivity index (χ2v) is 7.05. The van der Waals surface area contributed by atoms with Gasteiger partial charge in [-0.05, 0) is 17.5 Å². The highest BCUT2D eigenvalue weighted by Gasteiger charge is 2.09. The van der Waals surface area contributed by atoms with Gasteiger partial charge < -0.3 is 0 Å². The molecule has 138 valence electrons. The molecule has 1 heteroatoms. The molecule has 1 heterocycles. The lowest BCUT2D eigenvalue weighted by molar-refractivity contribution is -0.644. The first kappa shape index (κ1) is 20.2. The van der Waals surface area contributed by atoms with E-state index in [1.807, 2.05) is 0 Å². The number of fused-ring (bicyclic) bond motifs is 1. The number of rotatable bonds is 6. The molecule has 0 fully saturated rings. The number of pyridine rings is 1. The third kappa shape index (κ3) is 5.42. The molecule has 0 radical (unpaired) electrons. The molecule has 2 aromatic carbocycles. The Labute approximate surface area is 159 Å². The number of para-hydroxylation sites is 1. The lowest BCUT2D eigenvalue weighted by atomic mass is 9.97. The van der Waals surface area contributed by atoms with Crippen LogP contribution in [0.2, 0.25) is 0 Å². The number of hydrogen-bond acceptors (Lipinski definition) is 0. The van der Waals surface area contributed by atoms with Gasteiger partial charge in [0.15, 0.2) is 6.20 Å². The highest BCUT2D eigenvalue weighted by atomic mass is 14.9. The molecule has 0 saturated carbocycles. The van der Waals surface area contributed by atoms with E-state index in [-0.39, 0.29) is 0 Å². The summed E-state index contributed by atoms with van der Waals surface area (Å²) in [5.74, 6) is 1.00. The third-order valence-corrected chi connectivity index (χ3v) is 5.24. The molecular weight excluding hydrogens is 314 g/mol. The summed E-state index contributed by atoms with van der Waals surface area (Å²) in [6.07, 6.45) is 9.09. The zero-order valence-electron chi connectivity index (χ0n) is 16.9. The maximum atomic E-state index is 2.30. The van der Waals surface area contributed by atoms with Gasteiger partial charge in [-0.1, -0.05) is 95.3 Å². The SMILES string of the molecule is CCCCC(CC)CC.C[n+]1ccc(-c2ccccc2)c2ccccc21. The van der Waals surface area contributed by atoms with Crippen LogP contribution in [-0.2, 0) is 7.05 Å². The zero-order chi connectivity index (χ0) is 18.8. The van der Waals surface area contributed by atoms with Crippen LogP contribution >= 0.6 is 0 Å². The van der Waals surface area contributed by atoms with Gasteiger partial charge in [-0.2, -0.15) is 0 Å². The van der Waals surface area contributed by atoms with E-state index in [9.17, 15) is 0 Å². The van der Waals surface area contributed by atoms with Gasteiger partial charge >= 0.3 is 0 Å². The fraction of sp³-hybridized carbons (Fsp3) is 0.400. The molecule has 0 aliphatic rings. The minimum atomic E-state index is 1.00. The molecule has 0 atom stereocenters. The Kier molecular flexibility index (Phi) is 8.34. The summed E-state index contributed by atoms with van der Waals surface area (Å²) in [6.45, 7) is 6.86. The minimum Gasteiger partial charge on any atom is -0.201 e. The Morgan fingerprint density at radius 3 is 2.12 bits per heavy atom. The third-order valence-electron chi connectivity index (χ3n) is 5.24. The second-order valence-electron chi connectivity index (χ2n) is 7.05. The molecule has 1 aromatic heterocycles. The van der Waals surface area contributed by atoms with Gasteiger partial charge in [0, 0.05) is 17.7 Å². The standard InChI is InChI=1S/C16H14N.C9H20/c1-17-12-11-14(13-7-3-2-4-8-13)15-9-5-6-10-16(15)17;1-4-7-8-9(5-2)6-3/h2-12H,1H3;9H,4-8H2,1-3H3/q+1;. The van der Waals surface area contributed by atoms with Crippen LogP contribution in [-0.4, -0.2) is 0 Å². The monoisotopic (exact) mass is 348 g/mol. The molecule has 0 unspecified atom stereocenters. The van der Waals surface area contributed by atoms with Crippen molar-refractivity contribution in [3.63, 3.8) is 0 Å². The molecule has 26 heavy (non-hydrogen) atoms. The van der Waals surface area contributed by atoms with Gasteiger partial charge in [0.2, 0.25) is 5.52 Å². The predicted molar refractivity (Wildman–Crippen MR) is 114 cm³/mol. The molecule has 3 aromatic rings. The Morgan fingerprint density at radius 2 is 1.46 bits per heavy atom. The van der Waals surface area contributed by atoms with E-state index in [1.54, 1.807) is 0 Å². The van der Waals surface area contributed by atoms with Gasteiger partial charge in [0.25, 0.3) is 0 Å². The smallest absolute Gasteiger partial charge is 0.201 e. The maximum Gasteiger partial charge on any atom is 0.212 e. The molecule has 3 rings (SSSR count). The molecule has 0 spiro atoms. The van der Waals surface area contributed by atoms with E-state index in [1.165, 1.54) is 54.1 Å². The lowest BCUT2D eigenvalue weighted by Gasteiger charge is -2.09. The lowest BCUT2D eigenvalue weighted by Crippen LogP contribution is -2.28. The van der Waals surface area contributed by atoms with Crippen molar-refractivity contribution in [3.8, 4) is 11.1 Å². The summed E-state index contributed by atoms with van der Waals surface area (Å²) < 4.78 is 2.15. The first-order valence-corrected chi connectivity index (χ1v) is 10.1. The molecule has 0 N–H and O–H groups in total. The molecule has 0 aliphatic carbocycles. The number of nitrogens with zero attached hydrogens (tertiary/aromatic N) is 1. The van der Waals surface area contributed by atoms with Gasteiger partial charge in [-0.15, -0.1) is 0 Å². The van der Waals surface area contributed by atoms with Crippen LogP contribution in [0.25, 0.3) is 22.0 Å². The molecular formula is C25H34N+. The minimum absolute atomic E-state index is 1.00. The molecule has 0 bridgehead atoms. The van der Waals surface area contributed by atoms with E-state index in [4.69, 9.17) is 0 Å². The Balaban J connectivity index is 0.000000232. The predicted octanol–water partition coefficient (Wildman–Crippen LogP) is 6.94. The highest BCUT2D eigenvalue weighted by molar-refractivity contribution is 5.92. The molecule has 0 amide bonds. The summed E-state index contributed by atoms with van der Waals surface area (Å²) >= 11 is 0. The van der Waals surface area contributed by atoms with Crippen LogP contribution in [0.4, 0.5) is 0 Å². The summed E-state index contributed by atoms with van der Waals surface area (Å²) in [4.78, 5) is 0. The van der Waals surface area contributed by atoms with Crippen molar-refractivity contribution in [3.05, 3.63) is 66.9 Å². The number of unbranched alkanes of at least 4 members (excludes halogenated alkanes) is 1. The van der Waals surface area contributed by atoms with Gasteiger partial charge in [-0.3, -0.25) is 0 Å². The Morgan fingerprint density at radius 1 is 0.808 bits per heavy atom. The zero-order valence-corrected chi connectivity index (χ0v) is 16.9. The van der Waals surface area contributed by atoms with Crippen LogP contribution in [0.5, 0.6) is 0 Å². The summed E-state index contributed by atoms with van der Waals surface area (Å²) in [6, 6.07) is 21.2. The van der Waals surface area contributed by atoms with Crippen LogP contribution < -0.4 is 4.57 Å². The van der Waals surface area contributed by atoms with Gasteiger partial charge in [0.05, 0.1) is 5.39 Å². The van der Waals surface area contributed by atoms with Gasteiger partial charge in [0.1, 0.15) is 7.05 Å². The fourth-order valence-corrected chi connectivity index (χ4v) is 3.42. The van der Waals surface area contributed by atoms with Crippen molar-refractivity contribution in [1.82, 2.24) is 0 Å². The quantitative estimate of drug-likeness (QED) is 0.425. The molecule has 1 nitrogen and oxygen atoms in total. The first-order valence-electron chi connectivity index (χ1n) is 10.1. The summed E-state index contributed by atoms with van der Waals surface area (Å²) in [5.41, 5.74) is 3.82. The first-order chi connectivity index (χ1) is 12.7. The van der Waals surface area contributed by atoms with Crippen LogP contribution in [0.1, 0.15) is 52.9 Å². The van der Waals surface area contributed by atoms with Crippen molar-refractivity contribution >= 4 is 10.9 Å². The van der Waals surface area contributed by atoms with Crippen molar-refractivity contribution in [2.45, 2.75) is 52.9 Å². The van der Waals surface area contributed by atoms with E-state index in [2.05, 4.69) is 99.2 Å². The average Bonchev–Trinajstić information content (AvgIpc) is 2.70. The van der Waals surface area contributed by atoms with E-state index < -0.39 is 0 Å². The van der Waals surface area contributed by atoms with Gasteiger partial charge in [-0.25, -0.2) is 4.57 Å². The number of aryl methyl sites for hydroxylation is 1. The van der Waals surface area contributed by atoms with E-state index >= 15 is 0 Å². The Bertz CT molecular complexity index is 773. The summed E-state index contributed by atoms with van der Waals surface area (Å²) in [5, 5.41) is 1.30.